The van der Waals surface area contributed by atoms with Crippen LogP contribution in [0.1, 0.15) is 38.2 Å². The Kier molecular flexibility index (Phi) is 4.83. The average molecular weight is 297 g/mol. The highest BCUT2D eigenvalue weighted by atomic mass is 15.3. The van der Waals surface area contributed by atoms with Gasteiger partial charge in [-0.15, -0.1) is 5.10 Å². The second-order valence-corrected chi connectivity index (χ2v) is 5.68. The summed E-state index contributed by atoms with van der Waals surface area (Å²) in [5.41, 5.74) is 2.31. The van der Waals surface area contributed by atoms with Gasteiger partial charge in [-0.3, -0.25) is 0 Å². The van der Waals surface area contributed by atoms with E-state index in [0.29, 0.717) is 5.95 Å². The number of anilines is 3. The van der Waals surface area contributed by atoms with Crippen molar-refractivity contribution in [2.75, 3.05) is 23.3 Å². The van der Waals surface area contributed by atoms with E-state index < -0.39 is 0 Å². The van der Waals surface area contributed by atoms with E-state index in [1.807, 2.05) is 6.07 Å². The van der Waals surface area contributed by atoms with Gasteiger partial charge in [0.05, 0.1) is 6.20 Å². The number of aryl methyl sites for hydroxylation is 1. The van der Waals surface area contributed by atoms with Crippen LogP contribution < -0.4 is 10.2 Å². The molecule has 116 valence electrons. The molecule has 0 aliphatic carbocycles. The van der Waals surface area contributed by atoms with Crippen LogP contribution in [-0.2, 0) is 6.42 Å². The first-order valence-corrected chi connectivity index (χ1v) is 8.16. The number of hydrogen-bond donors (Lipinski definition) is 1. The third-order valence-corrected chi connectivity index (χ3v) is 4.12. The fourth-order valence-corrected chi connectivity index (χ4v) is 2.87. The first-order chi connectivity index (χ1) is 10.9. The van der Waals surface area contributed by atoms with Gasteiger partial charge in [0, 0.05) is 18.8 Å². The van der Waals surface area contributed by atoms with Crippen molar-refractivity contribution in [3.05, 3.63) is 36.0 Å². The number of nitrogens with one attached hydrogen (secondary N) is 1. The van der Waals surface area contributed by atoms with Gasteiger partial charge in [-0.05, 0) is 30.9 Å². The molecular weight excluding hydrogens is 274 g/mol. The molecule has 1 N–H and O–H groups in total. The molecule has 5 nitrogen and oxygen atoms in total. The number of aromatic nitrogens is 3. The molecule has 0 atom stereocenters. The van der Waals surface area contributed by atoms with Gasteiger partial charge in [-0.1, -0.05) is 38.0 Å². The van der Waals surface area contributed by atoms with Crippen LogP contribution in [0.2, 0.25) is 0 Å². The summed E-state index contributed by atoms with van der Waals surface area (Å²) < 4.78 is 0. The van der Waals surface area contributed by atoms with Crippen molar-refractivity contribution in [3.8, 4) is 0 Å². The highest BCUT2D eigenvalue weighted by Crippen LogP contribution is 2.21. The second kappa shape index (κ2) is 7.20. The molecule has 0 bridgehead atoms. The van der Waals surface area contributed by atoms with E-state index in [2.05, 4.69) is 50.5 Å². The smallest absolute Gasteiger partial charge is 0.249 e. The summed E-state index contributed by atoms with van der Waals surface area (Å²) in [4.78, 5) is 6.97. The van der Waals surface area contributed by atoms with E-state index >= 15 is 0 Å². The Labute approximate surface area is 131 Å². The molecule has 1 saturated heterocycles. The molecule has 1 aromatic carbocycles. The summed E-state index contributed by atoms with van der Waals surface area (Å²) in [7, 11) is 0. The standard InChI is InChI=1S/C17H23N5/c1-2-14-9-5-6-10-15(14)19-17-20-16(13-18-21-17)22-11-7-3-4-8-12-22/h5-6,9-10,13H,2-4,7-8,11-12H2,1H3,(H,19,20,21). The molecular formula is C17H23N5. The van der Waals surface area contributed by atoms with Crippen LogP contribution in [-0.4, -0.2) is 28.3 Å². The second-order valence-electron chi connectivity index (χ2n) is 5.68. The lowest BCUT2D eigenvalue weighted by Gasteiger charge is -2.21. The van der Waals surface area contributed by atoms with Crippen LogP contribution in [0.3, 0.4) is 0 Å². The highest BCUT2D eigenvalue weighted by Gasteiger charge is 2.13. The Morgan fingerprint density at radius 1 is 1.09 bits per heavy atom. The molecule has 0 unspecified atom stereocenters. The van der Waals surface area contributed by atoms with Crippen LogP contribution >= 0.6 is 0 Å². The normalized spacial score (nSPS) is 15.4. The van der Waals surface area contributed by atoms with Crippen LogP contribution in [0.25, 0.3) is 0 Å². The maximum absolute atomic E-state index is 4.65. The summed E-state index contributed by atoms with van der Waals surface area (Å²) in [6.45, 7) is 4.26. The maximum Gasteiger partial charge on any atom is 0.249 e. The predicted molar refractivity (Wildman–Crippen MR) is 89.6 cm³/mol. The van der Waals surface area contributed by atoms with E-state index in [1.165, 1.54) is 31.2 Å². The Morgan fingerprint density at radius 3 is 2.64 bits per heavy atom. The number of nitrogens with zero attached hydrogens (tertiary/aromatic N) is 4. The van der Waals surface area contributed by atoms with Gasteiger partial charge in [0.1, 0.15) is 0 Å². The molecule has 1 aromatic heterocycles. The van der Waals surface area contributed by atoms with Gasteiger partial charge in [0.2, 0.25) is 5.95 Å². The van der Waals surface area contributed by atoms with Gasteiger partial charge < -0.3 is 10.2 Å². The quantitative estimate of drug-likeness (QED) is 0.935. The van der Waals surface area contributed by atoms with Crippen LogP contribution in [0.4, 0.5) is 17.5 Å². The Morgan fingerprint density at radius 2 is 1.86 bits per heavy atom. The summed E-state index contributed by atoms with van der Waals surface area (Å²) in [5, 5.41) is 11.6. The Balaban J connectivity index is 1.78. The van der Waals surface area contributed by atoms with Crippen molar-refractivity contribution in [3.63, 3.8) is 0 Å². The molecule has 1 aliphatic heterocycles. The Hall–Kier alpha value is -2.17. The average Bonchev–Trinajstić information content (AvgIpc) is 2.85. The van der Waals surface area contributed by atoms with E-state index in [1.54, 1.807) is 6.20 Å². The molecule has 2 heterocycles. The molecule has 0 spiro atoms. The summed E-state index contributed by atoms with van der Waals surface area (Å²) in [6, 6.07) is 8.25. The van der Waals surface area contributed by atoms with Crippen molar-refractivity contribution in [1.82, 2.24) is 15.2 Å². The summed E-state index contributed by atoms with van der Waals surface area (Å²) >= 11 is 0. The van der Waals surface area contributed by atoms with Crippen molar-refractivity contribution < 1.29 is 0 Å². The zero-order valence-corrected chi connectivity index (χ0v) is 13.1. The maximum atomic E-state index is 4.65. The van der Waals surface area contributed by atoms with E-state index in [0.717, 1.165) is 31.0 Å². The largest absolute Gasteiger partial charge is 0.355 e. The van der Waals surface area contributed by atoms with Crippen molar-refractivity contribution in [1.29, 1.82) is 0 Å². The highest BCUT2D eigenvalue weighted by molar-refractivity contribution is 5.59. The number of para-hydroxylation sites is 1. The number of benzene rings is 1. The lowest BCUT2D eigenvalue weighted by molar-refractivity contribution is 0.726. The summed E-state index contributed by atoms with van der Waals surface area (Å²) in [6.07, 6.45) is 7.81. The minimum atomic E-state index is 0.572. The number of hydrogen-bond acceptors (Lipinski definition) is 5. The van der Waals surface area contributed by atoms with E-state index in [9.17, 15) is 0 Å². The molecule has 3 rings (SSSR count). The van der Waals surface area contributed by atoms with Crippen LogP contribution in [0, 0.1) is 0 Å². The lowest BCUT2D eigenvalue weighted by atomic mass is 10.1. The van der Waals surface area contributed by atoms with E-state index in [4.69, 9.17) is 0 Å². The molecule has 1 fully saturated rings. The predicted octanol–water partition coefficient (Wildman–Crippen LogP) is 3.56. The molecule has 0 radical (unpaired) electrons. The minimum absolute atomic E-state index is 0.572. The van der Waals surface area contributed by atoms with Gasteiger partial charge in [-0.25, -0.2) is 0 Å². The zero-order valence-electron chi connectivity index (χ0n) is 13.1. The van der Waals surface area contributed by atoms with Crippen molar-refractivity contribution >= 4 is 17.5 Å². The fourth-order valence-electron chi connectivity index (χ4n) is 2.87. The number of rotatable bonds is 4. The van der Waals surface area contributed by atoms with Crippen LogP contribution in [0.15, 0.2) is 30.5 Å². The lowest BCUT2D eigenvalue weighted by Crippen LogP contribution is -2.25. The monoisotopic (exact) mass is 297 g/mol. The zero-order chi connectivity index (χ0) is 15.2. The first kappa shape index (κ1) is 14.8. The van der Waals surface area contributed by atoms with Gasteiger partial charge in [0.15, 0.2) is 5.82 Å². The van der Waals surface area contributed by atoms with Crippen molar-refractivity contribution in [2.24, 2.45) is 0 Å². The molecule has 22 heavy (non-hydrogen) atoms. The van der Waals surface area contributed by atoms with Gasteiger partial charge in [-0.2, -0.15) is 10.1 Å². The third kappa shape index (κ3) is 3.53. The minimum Gasteiger partial charge on any atom is -0.355 e. The molecule has 0 saturated carbocycles. The van der Waals surface area contributed by atoms with Gasteiger partial charge in [0.25, 0.3) is 0 Å². The fraction of sp³-hybridized carbons (Fsp3) is 0.471. The summed E-state index contributed by atoms with van der Waals surface area (Å²) in [5.74, 6) is 1.50. The molecule has 1 aliphatic rings. The first-order valence-electron chi connectivity index (χ1n) is 8.16. The van der Waals surface area contributed by atoms with Crippen molar-refractivity contribution in [2.45, 2.75) is 39.0 Å². The SMILES string of the molecule is CCc1ccccc1Nc1nncc(N2CCCCCC2)n1. The Bertz CT molecular complexity index is 606. The van der Waals surface area contributed by atoms with Gasteiger partial charge >= 0.3 is 0 Å². The molecule has 0 amide bonds. The van der Waals surface area contributed by atoms with E-state index in [-0.39, 0.29) is 0 Å². The third-order valence-electron chi connectivity index (χ3n) is 4.12. The topological polar surface area (TPSA) is 53.9 Å². The van der Waals surface area contributed by atoms with Crippen LogP contribution in [0.5, 0.6) is 0 Å². The molecule has 2 aromatic rings. The molecule has 5 heteroatoms.